The van der Waals surface area contributed by atoms with Crippen molar-refractivity contribution in [3.05, 3.63) is 46.4 Å². The zero-order valence-corrected chi connectivity index (χ0v) is 8.45. The van der Waals surface area contributed by atoms with E-state index in [0.717, 1.165) is 6.20 Å². The van der Waals surface area contributed by atoms with E-state index in [0.29, 0.717) is 0 Å². The van der Waals surface area contributed by atoms with Gasteiger partial charge in [0.05, 0.1) is 4.92 Å². The van der Waals surface area contributed by atoms with E-state index in [4.69, 9.17) is 0 Å². The summed E-state index contributed by atoms with van der Waals surface area (Å²) in [5, 5.41) is 19.0. The summed E-state index contributed by atoms with van der Waals surface area (Å²) < 4.78 is 0. The van der Waals surface area contributed by atoms with E-state index in [2.05, 4.69) is 20.5 Å². The Bertz CT molecular complexity index is 534. The summed E-state index contributed by atoms with van der Waals surface area (Å²) in [6.45, 7) is 0. The highest BCUT2D eigenvalue weighted by atomic mass is 16.6. The average molecular weight is 233 g/mol. The molecule has 8 nitrogen and oxygen atoms in total. The second-order valence-electron chi connectivity index (χ2n) is 3.08. The average Bonchev–Trinajstić information content (AvgIpc) is 2.83. The number of rotatable bonds is 3. The van der Waals surface area contributed by atoms with Crippen molar-refractivity contribution in [2.75, 3.05) is 5.32 Å². The normalized spacial score (nSPS) is 9.88. The molecule has 0 aliphatic rings. The summed E-state index contributed by atoms with van der Waals surface area (Å²) in [4.78, 5) is 25.1. The maximum Gasteiger partial charge on any atom is 0.287 e. The van der Waals surface area contributed by atoms with Crippen molar-refractivity contribution < 1.29 is 9.72 Å². The predicted molar refractivity (Wildman–Crippen MR) is 57.4 cm³/mol. The Labute approximate surface area is 94.8 Å². The van der Waals surface area contributed by atoms with Crippen LogP contribution in [0.25, 0.3) is 0 Å². The highest BCUT2D eigenvalue weighted by Crippen LogP contribution is 2.12. The Morgan fingerprint density at radius 1 is 1.41 bits per heavy atom. The summed E-state index contributed by atoms with van der Waals surface area (Å²) in [5.74, 6) is -0.181. The van der Waals surface area contributed by atoms with E-state index in [1.807, 2.05) is 0 Å². The zero-order chi connectivity index (χ0) is 12.3. The van der Waals surface area contributed by atoms with Gasteiger partial charge in [-0.15, -0.1) is 0 Å². The maximum atomic E-state index is 11.5. The minimum Gasteiger partial charge on any atom is -0.305 e. The van der Waals surface area contributed by atoms with E-state index < -0.39 is 10.8 Å². The lowest BCUT2D eigenvalue weighted by atomic mass is 10.4. The van der Waals surface area contributed by atoms with Crippen molar-refractivity contribution in [3.8, 4) is 0 Å². The number of nitro groups is 1. The van der Waals surface area contributed by atoms with E-state index in [-0.39, 0.29) is 17.2 Å². The standard InChI is InChI=1S/C9H7N5O3/c15-9(7-3-4-11-13-7)12-8-2-1-6(5-10-8)14(16)17/h1-5H,(H,11,13)(H,10,12,15). The van der Waals surface area contributed by atoms with E-state index in [1.165, 1.54) is 24.4 Å². The predicted octanol–water partition coefficient (Wildman–Crippen LogP) is 0.965. The molecule has 0 aromatic carbocycles. The van der Waals surface area contributed by atoms with Crippen molar-refractivity contribution in [2.24, 2.45) is 0 Å². The van der Waals surface area contributed by atoms with Crippen LogP contribution in [0.15, 0.2) is 30.6 Å². The third kappa shape index (κ3) is 2.43. The molecule has 0 unspecified atom stereocenters. The first kappa shape index (κ1) is 10.7. The largest absolute Gasteiger partial charge is 0.305 e. The van der Waals surface area contributed by atoms with Crippen LogP contribution >= 0.6 is 0 Å². The lowest BCUT2D eigenvalue weighted by Gasteiger charge is -2.01. The first-order valence-electron chi connectivity index (χ1n) is 4.58. The van der Waals surface area contributed by atoms with Crippen LogP contribution in [0.4, 0.5) is 11.5 Å². The van der Waals surface area contributed by atoms with Gasteiger partial charge >= 0.3 is 0 Å². The van der Waals surface area contributed by atoms with Crippen molar-refractivity contribution in [1.29, 1.82) is 0 Å². The number of carbonyl (C=O) groups excluding carboxylic acids is 1. The molecule has 86 valence electrons. The van der Waals surface area contributed by atoms with Crippen molar-refractivity contribution in [3.63, 3.8) is 0 Å². The lowest BCUT2D eigenvalue weighted by Crippen LogP contribution is -2.13. The molecule has 0 saturated carbocycles. The monoisotopic (exact) mass is 233 g/mol. The first-order valence-corrected chi connectivity index (χ1v) is 4.58. The molecule has 2 rings (SSSR count). The molecule has 1 amide bonds. The second-order valence-corrected chi connectivity index (χ2v) is 3.08. The Morgan fingerprint density at radius 3 is 2.76 bits per heavy atom. The fourth-order valence-corrected chi connectivity index (χ4v) is 1.13. The van der Waals surface area contributed by atoms with Crippen LogP contribution in [0.5, 0.6) is 0 Å². The minimum absolute atomic E-state index is 0.135. The molecule has 0 saturated heterocycles. The van der Waals surface area contributed by atoms with E-state index >= 15 is 0 Å². The van der Waals surface area contributed by atoms with Crippen molar-refractivity contribution in [1.82, 2.24) is 15.2 Å². The van der Waals surface area contributed by atoms with Gasteiger partial charge < -0.3 is 5.32 Å². The van der Waals surface area contributed by atoms with Gasteiger partial charge in [0.1, 0.15) is 17.7 Å². The summed E-state index contributed by atoms with van der Waals surface area (Å²) in [7, 11) is 0. The molecule has 0 spiro atoms. The summed E-state index contributed by atoms with van der Waals surface area (Å²) in [6, 6.07) is 4.11. The molecular formula is C9H7N5O3. The quantitative estimate of drug-likeness (QED) is 0.605. The number of hydrogen-bond donors (Lipinski definition) is 2. The first-order chi connectivity index (χ1) is 8.16. The van der Waals surface area contributed by atoms with Crippen LogP contribution in [0.1, 0.15) is 10.5 Å². The minimum atomic E-state index is -0.562. The molecule has 2 heterocycles. The number of hydrogen-bond acceptors (Lipinski definition) is 5. The molecule has 8 heteroatoms. The number of H-pyrrole nitrogens is 1. The molecule has 0 aliphatic heterocycles. The Hall–Kier alpha value is -2.77. The van der Waals surface area contributed by atoms with Gasteiger partial charge in [0, 0.05) is 12.3 Å². The van der Waals surface area contributed by atoms with Crippen LogP contribution in [-0.2, 0) is 0 Å². The molecule has 17 heavy (non-hydrogen) atoms. The number of pyridine rings is 1. The number of aromatic amines is 1. The number of nitrogens with zero attached hydrogens (tertiary/aromatic N) is 3. The molecule has 2 aromatic heterocycles. The number of aromatic nitrogens is 3. The molecule has 0 radical (unpaired) electrons. The Balaban J connectivity index is 2.09. The summed E-state index contributed by atoms with van der Waals surface area (Å²) >= 11 is 0. The Morgan fingerprint density at radius 2 is 2.24 bits per heavy atom. The third-order valence-electron chi connectivity index (χ3n) is 1.95. The maximum absolute atomic E-state index is 11.5. The highest BCUT2D eigenvalue weighted by molar-refractivity contribution is 6.02. The SMILES string of the molecule is O=C(Nc1ccc([N+](=O)[O-])cn1)c1ccn[nH]1. The summed E-state index contributed by atoms with van der Waals surface area (Å²) in [5.41, 5.74) is 0.148. The Kier molecular flexibility index (Phi) is 2.77. The van der Waals surface area contributed by atoms with Gasteiger partial charge in [-0.2, -0.15) is 5.10 Å². The second kappa shape index (κ2) is 4.39. The summed E-state index contributed by atoms with van der Waals surface area (Å²) in [6.07, 6.45) is 2.51. The molecule has 0 atom stereocenters. The van der Waals surface area contributed by atoms with Gasteiger partial charge in [-0.3, -0.25) is 20.0 Å². The van der Waals surface area contributed by atoms with Gasteiger partial charge in [-0.05, 0) is 12.1 Å². The molecule has 0 aliphatic carbocycles. The number of carbonyl (C=O) groups is 1. The van der Waals surface area contributed by atoms with Gasteiger partial charge in [0.25, 0.3) is 11.6 Å². The van der Waals surface area contributed by atoms with Gasteiger partial charge in [0.2, 0.25) is 0 Å². The highest BCUT2D eigenvalue weighted by Gasteiger charge is 2.09. The molecule has 2 aromatic rings. The molecular weight excluding hydrogens is 226 g/mol. The third-order valence-corrected chi connectivity index (χ3v) is 1.95. The van der Waals surface area contributed by atoms with Crippen LogP contribution in [-0.4, -0.2) is 26.0 Å². The molecule has 2 N–H and O–H groups in total. The van der Waals surface area contributed by atoms with E-state index in [9.17, 15) is 14.9 Å². The van der Waals surface area contributed by atoms with Crippen LogP contribution in [0.3, 0.4) is 0 Å². The fourth-order valence-electron chi connectivity index (χ4n) is 1.13. The van der Waals surface area contributed by atoms with Crippen molar-refractivity contribution >= 4 is 17.4 Å². The number of amides is 1. The zero-order valence-electron chi connectivity index (χ0n) is 8.45. The van der Waals surface area contributed by atoms with Crippen molar-refractivity contribution in [2.45, 2.75) is 0 Å². The molecule has 0 bridgehead atoms. The topological polar surface area (TPSA) is 114 Å². The van der Waals surface area contributed by atoms with Gasteiger partial charge in [-0.1, -0.05) is 0 Å². The lowest BCUT2D eigenvalue weighted by molar-refractivity contribution is -0.385. The van der Waals surface area contributed by atoms with Gasteiger partial charge in [-0.25, -0.2) is 4.98 Å². The van der Waals surface area contributed by atoms with E-state index in [1.54, 1.807) is 0 Å². The fraction of sp³-hybridized carbons (Fsp3) is 0. The van der Waals surface area contributed by atoms with Crippen LogP contribution in [0.2, 0.25) is 0 Å². The van der Waals surface area contributed by atoms with Crippen LogP contribution in [0, 0.1) is 10.1 Å². The number of anilines is 1. The molecule has 0 fully saturated rings. The number of nitrogens with one attached hydrogen (secondary N) is 2. The van der Waals surface area contributed by atoms with Crippen LogP contribution < -0.4 is 5.32 Å². The smallest absolute Gasteiger partial charge is 0.287 e. The van der Waals surface area contributed by atoms with Gasteiger partial charge in [0.15, 0.2) is 0 Å².